The molecule has 1 aliphatic rings. The summed E-state index contributed by atoms with van der Waals surface area (Å²) in [5, 5.41) is -0.0779. The van der Waals surface area contributed by atoms with Crippen molar-refractivity contribution >= 4 is 44.9 Å². The van der Waals surface area contributed by atoms with Crippen LogP contribution in [0.15, 0.2) is 41.3 Å². The molecule has 1 atom stereocenters. The van der Waals surface area contributed by atoms with Crippen molar-refractivity contribution in [3.05, 3.63) is 52.0 Å². The summed E-state index contributed by atoms with van der Waals surface area (Å²) in [4.78, 5) is 10.9. The molecule has 1 unspecified atom stereocenters. The van der Waals surface area contributed by atoms with Crippen LogP contribution in [0, 0.1) is 0 Å². The van der Waals surface area contributed by atoms with Gasteiger partial charge in [-0.2, -0.15) is 0 Å². The molecule has 1 aliphatic heterocycles. The highest BCUT2D eigenvalue weighted by atomic mass is 35.5. The van der Waals surface area contributed by atoms with Gasteiger partial charge in [-0.1, -0.05) is 41.4 Å². The second-order valence-corrected chi connectivity index (χ2v) is 8.74. The van der Waals surface area contributed by atoms with E-state index in [0.717, 1.165) is 4.31 Å². The number of ether oxygens (including phenoxy) is 2. The van der Waals surface area contributed by atoms with Crippen LogP contribution < -0.4 is 9.04 Å². The lowest BCUT2D eigenvalue weighted by Gasteiger charge is -2.21. The lowest BCUT2D eigenvalue weighted by atomic mass is 10.1. The molecule has 2 aromatic carbocycles. The minimum Gasteiger partial charge on any atom is -0.485 e. The van der Waals surface area contributed by atoms with Crippen molar-refractivity contribution < 1.29 is 22.7 Å². The quantitative estimate of drug-likeness (QED) is 0.677. The van der Waals surface area contributed by atoms with Crippen LogP contribution in [0.4, 0.5) is 5.69 Å². The first-order valence-corrected chi connectivity index (χ1v) is 10.3. The van der Waals surface area contributed by atoms with Gasteiger partial charge in [-0.05, 0) is 18.2 Å². The van der Waals surface area contributed by atoms with Crippen LogP contribution in [0.2, 0.25) is 10.0 Å². The van der Waals surface area contributed by atoms with Crippen molar-refractivity contribution in [1.29, 1.82) is 0 Å². The zero-order chi connectivity index (χ0) is 19.8. The van der Waals surface area contributed by atoms with Crippen LogP contribution in [0.3, 0.4) is 0 Å². The monoisotopic (exact) mass is 429 g/mol. The lowest BCUT2D eigenvalue weighted by molar-refractivity contribution is -0.143. The molecule has 144 valence electrons. The Morgan fingerprint density at radius 3 is 2.56 bits per heavy atom. The molecule has 0 amide bonds. The van der Waals surface area contributed by atoms with Crippen molar-refractivity contribution in [2.45, 2.75) is 24.3 Å². The van der Waals surface area contributed by atoms with Gasteiger partial charge in [0.2, 0.25) is 0 Å². The van der Waals surface area contributed by atoms with E-state index < -0.39 is 22.1 Å². The molecule has 0 fully saturated rings. The molecule has 0 radical (unpaired) electrons. The van der Waals surface area contributed by atoms with Gasteiger partial charge < -0.3 is 9.47 Å². The lowest BCUT2D eigenvalue weighted by Crippen LogP contribution is -2.27. The molecule has 3 rings (SSSR count). The maximum Gasteiger partial charge on any atom is 0.302 e. The van der Waals surface area contributed by atoms with Gasteiger partial charge in [0.25, 0.3) is 10.0 Å². The van der Waals surface area contributed by atoms with Gasteiger partial charge in [-0.3, -0.25) is 9.10 Å². The molecule has 0 bridgehead atoms. The van der Waals surface area contributed by atoms with Crippen LogP contribution in [0.5, 0.6) is 5.75 Å². The van der Waals surface area contributed by atoms with E-state index in [2.05, 4.69) is 0 Å². The van der Waals surface area contributed by atoms with E-state index in [1.807, 2.05) is 0 Å². The summed E-state index contributed by atoms with van der Waals surface area (Å²) in [5.41, 5.74) is 1.09. The van der Waals surface area contributed by atoms with Crippen LogP contribution in [-0.4, -0.2) is 34.1 Å². The van der Waals surface area contributed by atoms with E-state index in [9.17, 15) is 13.2 Å². The maximum atomic E-state index is 13.1. The third-order valence-corrected chi connectivity index (χ3v) is 6.94. The Bertz CT molecular complexity index is 979. The molecule has 0 aromatic heterocycles. The van der Waals surface area contributed by atoms with Gasteiger partial charge in [0.1, 0.15) is 28.4 Å². The average molecular weight is 430 g/mol. The molecule has 27 heavy (non-hydrogen) atoms. The minimum atomic E-state index is -3.93. The Kier molecular flexibility index (Phi) is 5.55. The highest BCUT2D eigenvalue weighted by Gasteiger charge is 2.33. The van der Waals surface area contributed by atoms with E-state index in [0.29, 0.717) is 23.4 Å². The van der Waals surface area contributed by atoms with Gasteiger partial charge >= 0.3 is 5.97 Å². The summed E-state index contributed by atoms with van der Waals surface area (Å²) in [7, 11) is -2.49. The number of fused-ring (bicyclic) bond motifs is 1. The SMILES string of the molecule is CC(=O)OCC1Cc2cc(S(=O)(=O)N(C)c3ccccc3)c(Cl)c(Cl)c2O1. The van der Waals surface area contributed by atoms with E-state index in [-0.39, 0.29) is 21.5 Å². The summed E-state index contributed by atoms with van der Waals surface area (Å²) in [6.45, 7) is 1.35. The third-order valence-electron chi connectivity index (χ3n) is 4.17. The summed E-state index contributed by atoms with van der Waals surface area (Å²) in [6, 6.07) is 10.1. The van der Waals surface area contributed by atoms with Crippen molar-refractivity contribution in [3.8, 4) is 5.75 Å². The Balaban J connectivity index is 1.96. The van der Waals surface area contributed by atoms with Crippen LogP contribution in [0.1, 0.15) is 12.5 Å². The Labute approximate surface area is 167 Å². The summed E-state index contributed by atoms with van der Waals surface area (Å²) in [6.07, 6.45) is -0.0841. The number of hydrogen-bond acceptors (Lipinski definition) is 5. The predicted molar refractivity (Wildman–Crippen MR) is 103 cm³/mol. The molecular weight excluding hydrogens is 413 g/mol. The summed E-state index contributed by atoms with van der Waals surface area (Å²) < 4.78 is 37.9. The topological polar surface area (TPSA) is 72.9 Å². The number of benzene rings is 2. The first kappa shape index (κ1) is 19.8. The molecule has 9 heteroatoms. The van der Waals surface area contributed by atoms with Crippen molar-refractivity contribution in [2.24, 2.45) is 0 Å². The second kappa shape index (κ2) is 7.58. The number of carbonyl (C=O) groups is 1. The van der Waals surface area contributed by atoms with Gasteiger partial charge in [-0.25, -0.2) is 8.42 Å². The molecular formula is C18H17Cl2NO5S. The number of esters is 1. The Hall–Kier alpha value is -1.96. The van der Waals surface area contributed by atoms with Gasteiger partial charge in [0.05, 0.1) is 10.7 Å². The van der Waals surface area contributed by atoms with Gasteiger partial charge in [0.15, 0.2) is 0 Å². The zero-order valence-electron chi connectivity index (χ0n) is 14.6. The van der Waals surface area contributed by atoms with E-state index in [4.69, 9.17) is 32.7 Å². The van der Waals surface area contributed by atoms with Crippen molar-refractivity contribution in [2.75, 3.05) is 18.0 Å². The average Bonchev–Trinajstić information content (AvgIpc) is 3.06. The van der Waals surface area contributed by atoms with Crippen molar-refractivity contribution in [3.63, 3.8) is 0 Å². The number of rotatable bonds is 5. The number of nitrogens with zero attached hydrogens (tertiary/aromatic N) is 1. The Morgan fingerprint density at radius 2 is 1.93 bits per heavy atom. The number of sulfonamides is 1. The fraction of sp³-hybridized carbons (Fsp3) is 0.278. The molecule has 6 nitrogen and oxygen atoms in total. The van der Waals surface area contributed by atoms with Crippen LogP contribution >= 0.6 is 23.2 Å². The first-order valence-electron chi connectivity index (χ1n) is 8.06. The minimum absolute atomic E-state index is 0.0273. The standard InChI is InChI=1S/C18H17Cl2NO5S/c1-11(22)25-10-14-8-12-9-15(16(19)17(20)18(12)26-14)27(23,24)21(2)13-6-4-3-5-7-13/h3-7,9,14H,8,10H2,1-2H3. The predicted octanol–water partition coefficient (Wildman–Crippen LogP) is 3.69. The normalized spacial score (nSPS) is 15.8. The maximum absolute atomic E-state index is 13.1. The highest BCUT2D eigenvalue weighted by molar-refractivity contribution is 7.93. The molecule has 0 N–H and O–H groups in total. The summed E-state index contributed by atoms with van der Waals surface area (Å²) in [5.74, 6) is -0.105. The fourth-order valence-electron chi connectivity index (χ4n) is 2.78. The van der Waals surface area contributed by atoms with Crippen LogP contribution in [-0.2, 0) is 26.0 Å². The number of carbonyl (C=O) groups excluding carboxylic acids is 1. The van der Waals surface area contributed by atoms with Gasteiger partial charge in [0, 0.05) is 26.0 Å². The molecule has 0 aliphatic carbocycles. The third kappa shape index (κ3) is 3.85. The fourth-order valence-corrected chi connectivity index (χ4v) is 4.85. The molecule has 1 heterocycles. The molecule has 0 spiro atoms. The molecule has 0 saturated carbocycles. The van der Waals surface area contributed by atoms with E-state index >= 15 is 0 Å². The van der Waals surface area contributed by atoms with E-state index in [1.54, 1.807) is 30.3 Å². The summed E-state index contributed by atoms with van der Waals surface area (Å²) >= 11 is 12.5. The molecule has 0 saturated heterocycles. The zero-order valence-corrected chi connectivity index (χ0v) is 16.9. The number of para-hydroxylation sites is 1. The molecule has 2 aromatic rings. The number of hydrogen-bond donors (Lipinski definition) is 0. The second-order valence-electron chi connectivity index (χ2n) is 6.05. The highest BCUT2D eigenvalue weighted by Crippen LogP contribution is 2.44. The van der Waals surface area contributed by atoms with Gasteiger partial charge in [-0.15, -0.1) is 0 Å². The smallest absolute Gasteiger partial charge is 0.302 e. The van der Waals surface area contributed by atoms with Crippen molar-refractivity contribution in [1.82, 2.24) is 0 Å². The largest absolute Gasteiger partial charge is 0.485 e. The Morgan fingerprint density at radius 1 is 1.26 bits per heavy atom. The number of anilines is 1. The number of halogens is 2. The first-order chi connectivity index (χ1) is 12.7. The van der Waals surface area contributed by atoms with Crippen LogP contribution in [0.25, 0.3) is 0 Å². The van der Waals surface area contributed by atoms with E-state index in [1.165, 1.54) is 20.0 Å².